The zero-order valence-electron chi connectivity index (χ0n) is 27.4. The van der Waals surface area contributed by atoms with Crippen molar-refractivity contribution in [2.75, 3.05) is 0 Å². The van der Waals surface area contributed by atoms with Crippen LogP contribution >= 0.6 is 11.6 Å². The van der Waals surface area contributed by atoms with Gasteiger partial charge in [-0.3, -0.25) is 0 Å². The number of halogens is 1. The van der Waals surface area contributed by atoms with Gasteiger partial charge in [0.1, 0.15) is 11.5 Å². The van der Waals surface area contributed by atoms with Gasteiger partial charge in [-0.1, -0.05) is 157 Å². The van der Waals surface area contributed by atoms with E-state index in [2.05, 4.69) is 103 Å². The average molecular weight is 673 g/mol. The summed E-state index contributed by atoms with van der Waals surface area (Å²) in [5.74, 6) is 2.39. The van der Waals surface area contributed by atoms with Crippen LogP contribution < -0.4 is 4.74 Å². The van der Waals surface area contributed by atoms with Crippen molar-refractivity contribution in [3.63, 3.8) is 0 Å². The summed E-state index contributed by atoms with van der Waals surface area (Å²) in [5.41, 5.74) is 13.1. The van der Waals surface area contributed by atoms with Crippen LogP contribution in [0.5, 0.6) is 11.5 Å². The van der Waals surface area contributed by atoms with Crippen molar-refractivity contribution in [3.8, 4) is 67.7 Å². The van der Waals surface area contributed by atoms with E-state index >= 15 is 0 Å². The third kappa shape index (κ3) is 4.52. The van der Waals surface area contributed by atoms with Crippen molar-refractivity contribution >= 4 is 11.6 Å². The Bertz CT molecular complexity index is 2530. The first-order valence-electron chi connectivity index (χ1n) is 17.1. The molecular formula is C47H29ClN2O. The minimum Gasteiger partial charge on any atom is -0.457 e. The highest BCUT2D eigenvalue weighted by molar-refractivity contribution is 6.34. The van der Waals surface area contributed by atoms with Crippen LogP contribution in [0.1, 0.15) is 22.3 Å². The Balaban J connectivity index is 1.23. The average Bonchev–Trinajstić information content (AvgIpc) is 3.48. The Morgan fingerprint density at radius 3 is 1.71 bits per heavy atom. The number of ether oxygens (including phenoxy) is 1. The van der Waals surface area contributed by atoms with E-state index in [1.54, 1.807) is 0 Å². The molecule has 240 valence electrons. The van der Waals surface area contributed by atoms with Crippen molar-refractivity contribution in [1.29, 1.82) is 0 Å². The Kier molecular flexibility index (Phi) is 6.77. The number of hydrogen-bond acceptors (Lipinski definition) is 3. The summed E-state index contributed by atoms with van der Waals surface area (Å²) in [4.78, 5) is 10.2. The summed E-state index contributed by atoms with van der Waals surface area (Å²) < 4.78 is 6.57. The normalized spacial score (nSPS) is 13.1. The molecule has 0 unspecified atom stereocenters. The van der Waals surface area contributed by atoms with E-state index in [0.717, 1.165) is 61.8 Å². The van der Waals surface area contributed by atoms with Crippen molar-refractivity contribution < 1.29 is 4.74 Å². The molecule has 1 spiro atoms. The molecule has 0 atom stereocenters. The van der Waals surface area contributed by atoms with E-state index in [1.165, 1.54) is 22.3 Å². The zero-order chi connectivity index (χ0) is 33.9. The minimum absolute atomic E-state index is 0.567. The maximum atomic E-state index is 7.20. The first-order valence-corrected chi connectivity index (χ1v) is 17.5. The lowest BCUT2D eigenvalue weighted by Crippen LogP contribution is -2.32. The topological polar surface area (TPSA) is 35.0 Å². The van der Waals surface area contributed by atoms with Crippen molar-refractivity contribution in [2.45, 2.75) is 5.41 Å². The minimum atomic E-state index is -0.567. The summed E-state index contributed by atoms with van der Waals surface area (Å²) in [6.45, 7) is 0. The van der Waals surface area contributed by atoms with Gasteiger partial charge in [-0.25, -0.2) is 9.97 Å². The first kappa shape index (κ1) is 29.6. The predicted octanol–water partition coefficient (Wildman–Crippen LogP) is 12.3. The fraction of sp³-hybridized carbons (Fsp3) is 0.0213. The van der Waals surface area contributed by atoms with E-state index < -0.39 is 5.41 Å². The standard InChI is InChI=1S/C47H29ClN2O/c48-40-23-13-19-33(45(40)42-29-41(30-14-3-1-4-15-30)49-46(50-42)31-16-5-2-6-17-31)32-26-27-35-34-18-7-8-20-36(34)47(39(35)28-32)37-21-9-11-24-43(37)51-44-25-12-10-22-38(44)47/h1-29H. The van der Waals surface area contributed by atoms with Crippen molar-refractivity contribution in [1.82, 2.24) is 9.97 Å². The third-order valence-corrected chi connectivity index (χ3v) is 10.6. The molecule has 2 aliphatic rings. The number of para-hydroxylation sites is 2. The summed E-state index contributed by atoms with van der Waals surface area (Å²) >= 11 is 7.20. The molecule has 0 N–H and O–H groups in total. The quantitative estimate of drug-likeness (QED) is 0.187. The molecule has 8 aromatic rings. The molecule has 1 aliphatic heterocycles. The van der Waals surface area contributed by atoms with Gasteiger partial charge in [0.05, 0.1) is 21.8 Å². The zero-order valence-corrected chi connectivity index (χ0v) is 28.2. The summed E-state index contributed by atoms with van der Waals surface area (Å²) in [7, 11) is 0. The molecule has 1 aliphatic carbocycles. The number of fused-ring (bicyclic) bond motifs is 9. The second-order valence-corrected chi connectivity index (χ2v) is 13.4. The molecule has 0 saturated heterocycles. The fourth-order valence-corrected chi connectivity index (χ4v) is 8.37. The molecule has 51 heavy (non-hydrogen) atoms. The van der Waals surface area contributed by atoms with Gasteiger partial charge in [0, 0.05) is 27.8 Å². The van der Waals surface area contributed by atoms with E-state index in [9.17, 15) is 0 Å². The van der Waals surface area contributed by atoms with Crippen LogP contribution in [0.25, 0.3) is 56.2 Å². The number of aromatic nitrogens is 2. The highest BCUT2D eigenvalue weighted by atomic mass is 35.5. The number of benzene rings is 7. The van der Waals surface area contributed by atoms with Gasteiger partial charge in [0.2, 0.25) is 0 Å². The van der Waals surface area contributed by atoms with Crippen LogP contribution in [0.4, 0.5) is 0 Å². The van der Waals surface area contributed by atoms with Gasteiger partial charge in [0.25, 0.3) is 0 Å². The van der Waals surface area contributed by atoms with Gasteiger partial charge in [0.15, 0.2) is 5.82 Å². The molecule has 4 heteroatoms. The molecule has 3 nitrogen and oxygen atoms in total. The first-order chi connectivity index (χ1) is 25.2. The van der Waals surface area contributed by atoms with Crippen LogP contribution in [0.3, 0.4) is 0 Å². The SMILES string of the molecule is Clc1cccc(-c2ccc3c(c2)C2(c4ccccc4Oc4ccccc42)c2ccccc2-3)c1-c1cc(-c2ccccc2)nc(-c2ccccc2)n1. The number of rotatable bonds is 4. The molecule has 0 fully saturated rings. The summed E-state index contributed by atoms with van der Waals surface area (Å²) in [6, 6.07) is 61.1. The highest BCUT2D eigenvalue weighted by Gasteiger charge is 2.51. The largest absolute Gasteiger partial charge is 0.457 e. The predicted molar refractivity (Wildman–Crippen MR) is 206 cm³/mol. The lowest BCUT2D eigenvalue weighted by atomic mass is 9.66. The van der Waals surface area contributed by atoms with Gasteiger partial charge in [-0.2, -0.15) is 0 Å². The van der Waals surface area contributed by atoms with Crippen molar-refractivity contribution in [3.05, 3.63) is 203 Å². The molecule has 0 radical (unpaired) electrons. The smallest absolute Gasteiger partial charge is 0.160 e. The van der Waals surface area contributed by atoms with Crippen LogP contribution in [-0.2, 0) is 5.41 Å². The van der Waals surface area contributed by atoms with E-state index in [0.29, 0.717) is 10.8 Å². The second kappa shape index (κ2) is 11.7. The van der Waals surface area contributed by atoms with E-state index in [1.807, 2.05) is 72.8 Å². The molecule has 10 rings (SSSR count). The van der Waals surface area contributed by atoms with Gasteiger partial charge < -0.3 is 4.74 Å². The van der Waals surface area contributed by atoms with Gasteiger partial charge in [-0.05, 0) is 63.7 Å². The van der Waals surface area contributed by atoms with E-state index in [-0.39, 0.29) is 0 Å². The lowest BCUT2D eigenvalue weighted by molar-refractivity contribution is 0.436. The highest BCUT2D eigenvalue weighted by Crippen LogP contribution is 2.62. The maximum Gasteiger partial charge on any atom is 0.160 e. The summed E-state index contributed by atoms with van der Waals surface area (Å²) in [5, 5.41) is 0.629. The Morgan fingerprint density at radius 1 is 0.412 bits per heavy atom. The molecule has 0 amide bonds. The Morgan fingerprint density at radius 2 is 0.980 bits per heavy atom. The number of nitrogens with zero attached hydrogens (tertiary/aromatic N) is 2. The third-order valence-electron chi connectivity index (χ3n) is 10.3. The Hall–Kier alpha value is -6.29. The van der Waals surface area contributed by atoms with Crippen LogP contribution in [0.15, 0.2) is 176 Å². The molecular weight excluding hydrogens is 644 g/mol. The monoisotopic (exact) mass is 672 g/mol. The van der Waals surface area contributed by atoms with Crippen LogP contribution in [-0.4, -0.2) is 9.97 Å². The molecule has 1 aromatic heterocycles. The number of hydrogen-bond donors (Lipinski definition) is 0. The molecule has 2 heterocycles. The van der Waals surface area contributed by atoms with Crippen LogP contribution in [0.2, 0.25) is 5.02 Å². The van der Waals surface area contributed by atoms with Crippen molar-refractivity contribution in [2.24, 2.45) is 0 Å². The molecule has 0 saturated carbocycles. The molecule has 0 bridgehead atoms. The van der Waals surface area contributed by atoms with Gasteiger partial charge in [-0.15, -0.1) is 0 Å². The Labute approximate surface area is 301 Å². The second-order valence-electron chi connectivity index (χ2n) is 13.0. The summed E-state index contributed by atoms with van der Waals surface area (Å²) in [6.07, 6.45) is 0. The molecule has 7 aromatic carbocycles. The van der Waals surface area contributed by atoms with E-state index in [4.69, 9.17) is 26.3 Å². The van der Waals surface area contributed by atoms with Crippen LogP contribution in [0, 0.1) is 0 Å². The lowest BCUT2D eigenvalue weighted by Gasteiger charge is -2.39. The maximum absolute atomic E-state index is 7.20. The fourth-order valence-electron chi connectivity index (χ4n) is 8.10. The van der Waals surface area contributed by atoms with Gasteiger partial charge >= 0.3 is 0 Å².